The fourth-order valence-corrected chi connectivity index (χ4v) is 2.53. The lowest BCUT2D eigenvalue weighted by atomic mass is 10.2. The summed E-state index contributed by atoms with van der Waals surface area (Å²) in [6.07, 6.45) is 3.48. The van der Waals surface area contributed by atoms with Gasteiger partial charge in [0.25, 0.3) is 0 Å². The van der Waals surface area contributed by atoms with Gasteiger partial charge in [0.1, 0.15) is 6.54 Å². The van der Waals surface area contributed by atoms with Crippen molar-refractivity contribution in [2.75, 3.05) is 33.7 Å². The number of nitrogens with zero attached hydrogens (tertiary/aromatic N) is 2. The van der Waals surface area contributed by atoms with E-state index >= 15 is 0 Å². The maximum absolute atomic E-state index is 12.2. The van der Waals surface area contributed by atoms with Gasteiger partial charge in [-0.3, -0.25) is 9.59 Å². The number of carboxylic acid groups (broad SMARTS) is 1. The van der Waals surface area contributed by atoms with Crippen LogP contribution in [0.15, 0.2) is 0 Å². The molecule has 0 heterocycles. The molecule has 2 unspecified atom stereocenters. The zero-order valence-corrected chi connectivity index (χ0v) is 11.1. The van der Waals surface area contributed by atoms with Crippen LogP contribution in [0.2, 0.25) is 0 Å². The van der Waals surface area contributed by atoms with Gasteiger partial charge in [-0.25, -0.2) is 0 Å². The van der Waals surface area contributed by atoms with E-state index in [9.17, 15) is 9.59 Å². The second-order valence-corrected chi connectivity index (χ2v) is 5.80. The molecule has 18 heavy (non-hydrogen) atoms. The zero-order valence-electron chi connectivity index (χ0n) is 11.1. The predicted molar refractivity (Wildman–Crippen MR) is 67.1 cm³/mol. The first-order valence-corrected chi connectivity index (χ1v) is 6.64. The Morgan fingerprint density at radius 3 is 2.39 bits per heavy atom. The van der Waals surface area contributed by atoms with Crippen LogP contribution in [-0.4, -0.2) is 60.5 Å². The summed E-state index contributed by atoms with van der Waals surface area (Å²) in [5.74, 6) is 0.536. The average Bonchev–Trinajstić information content (AvgIpc) is 3.14. The van der Waals surface area contributed by atoms with Crippen LogP contribution in [0.1, 0.15) is 19.3 Å². The van der Waals surface area contributed by atoms with Crippen molar-refractivity contribution in [2.45, 2.75) is 19.3 Å². The van der Waals surface area contributed by atoms with Crippen molar-refractivity contribution in [3.8, 4) is 0 Å². The molecule has 0 aromatic heterocycles. The lowest BCUT2D eigenvalue weighted by Gasteiger charge is -2.22. The number of hydrogen-bond donors (Lipinski definition) is 1. The molecule has 0 spiro atoms. The molecule has 102 valence electrons. The second kappa shape index (κ2) is 5.26. The summed E-state index contributed by atoms with van der Waals surface area (Å²) < 4.78 is 0. The molecule has 0 bridgehead atoms. The fraction of sp³-hybridized carbons (Fsp3) is 0.846. The summed E-state index contributed by atoms with van der Waals surface area (Å²) in [7, 11) is 3.85. The van der Waals surface area contributed by atoms with Gasteiger partial charge < -0.3 is 14.9 Å². The zero-order chi connectivity index (χ0) is 13.3. The van der Waals surface area contributed by atoms with E-state index in [1.54, 1.807) is 0 Å². The maximum Gasteiger partial charge on any atom is 0.323 e. The molecule has 2 saturated carbocycles. The molecule has 0 radical (unpaired) electrons. The van der Waals surface area contributed by atoms with Crippen LogP contribution < -0.4 is 0 Å². The van der Waals surface area contributed by atoms with Crippen molar-refractivity contribution in [2.24, 2.45) is 17.8 Å². The van der Waals surface area contributed by atoms with Gasteiger partial charge in [-0.2, -0.15) is 0 Å². The monoisotopic (exact) mass is 254 g/mol. The lowest BCUT2D eigenvalue weighted by molar-refractivity contribution is -0.145. The van der Waals surface area contributed by atoms with Gasteiger partial charge in [-0.1, -0.05) is 0 Å². The number of carboxylic acids is 1. The molecule has 5 nitrogen and oxygen atoms in total. The Hall–Kier alpha value is -1.10. The Morgan fingerprint density at radius 2 is 1.89 bits per heavy atom. The smallest absolute Gasteiger partial charge is 0.323 e. The molecule has 0 saturated heterocycles. The quantitative estimate of drug-likeness (QED) is 0.719. The number of hydrogen-bond acceptors (Lipinski definition) is 3. The van der Waals surface area contributed by atoms with E-state index in [-0.39, 0.29) is 18.4 Å². The highest BCUT2D eigenvalue weighted by Crippen LogP contribution is 2.54. The Kier molecular flexibility index (Phi) is 3.90. The minimum Gasteiger partial charge on any atom is -0.480 e. The fourth-order valence-electron chi connectivity index (χ4n) is 2.53. The van der Waals surface area contributed by atoms with E-state index in [1.807, 2.05) is 19.0 Å². The van der Waals surface area contributed by atoms with E-state index in [2.05, 4.69) is 0 Å². The third kappa shape index (κ3) is 3.45. The van der Waals surface area contributed by atoms with Crippen molar-refractivity contribution in [3.05, 3.63) is 0 Å². The topological polar surface area (TPSA) is 60.9 Å². The largest absolute Gasteiger partial charge is 0.480 e. The highest BCUT2D eigenvalue weighted by Gasteiger charge is 2.52. The highest BCUT2D eigenvalue weighted by molar-refractivity contribution is 5.85. The highest BCUT2D eigenvalue weighted by atomic mass is 16.4. The number of aliphatic carboxylic acids is 1. The van der Waals surface area contributed by atoms with Gasteiger partial charge >= 0.3 is 5.97 Å². The molecular formula is C13H22N2O3. The standard InChI is InChI=1S/C13H22N2O3/c1-14(2)5-6-15(8-12(16)17)13(18)11-7-10(11)9-3-4-9/h9-11H,3-8H2,1-2H3,(H,16,17). The molecule has 2 rings (SSSR count). The minimum absolute atomic E-state index is 0.0520. The summed E-state index contributed by atoms with van der Waals surface area (Å²) in [5.41, 5.74) is 0. The normalized spacial score (nSPS) is 26.2. The number of carbonyl (C=O) groups is 2. The third-order valence-electron chi connectivity index (χ3n) is 3.84. The molecule has 1 N–H and O–H groups in total. The van der Waals surface area contributed by atoms with E-state index < -0.39 is 5.97 Å². The first-order chi connectivity index (χ1) is 8.49. The molecule has 5 heteroatoms. The van der Waals surface area contributed by atoms with Crippen LogP contribution in [0.25, 0.3) is 0 Å². The SMILES string of the molecule is CN(C)CCN(CC(=O)O)C(=O)C1CC1C1CC1. The van der Waals surface area contributed by atoms with Crippen molar-refractivity contribution in [1.82, 2.24) is 9.80 Å². The first-order valence-electron chi connectivity index (χ1n) is 6.64. The Morgan fingerprint density at radius 1 is 1.22 bits per heavy atom. The van der Waals surface area contributed by atoms with Gasteiger partial charge in [0.05, 0.1) is 0 Å². The minimum atomic E-state index is -0.925. The van der Waals surface area contributed by atoms with Crippen LogP contribution in [-0.2, 0) is 9.59 Å². The maximum atomic E-state index is 12.2. The molecule has 2 aliphatic carbocycles. The molecule has 1 amide bonds. The summed E-state index contributed by atoms with van der Waals surface area (Å²) in [4.78, 5) is 26.5. The van der Waals surface area contributed by atoms with E-state index in [0.29, 0.717) is 19.0 Å². The van der Waals surface area contributed by atoms with Crippen molar-refractivity contribution < 1.29 is 14.7 Å². The van der Waals surface area contributed by atoms with E-state index in [0.717, 1.165) is 12.3 Å². The van der Waals surface area contributed by atoms with Gasteiger partial charge in [0.2, 0.25) is 5.91 Å². The van der Waals surface area contributed by atoms with E-state index in [1.165, 1.54) is 17.7 Å². The van der Waals surface area contributed by atoms with Gasteiger partial charge in [-0.05, 0) is 45.2 Å². The summed E-state index contributed by atoms with van der Waals surface area (Å²) in [5, 5.41) is 8.88. The molecule has 2 fully saturated rings. The average molecular weight is 254 g/mol. The number of carbonyl (C=O) groups excluding carboxylic acids is 1. The summed E-state index contributed by atoms with van der Waals surface area (Å²) in [6.45, 7) is 1.05. The Balaban J connectivity index is 1.86. The van der Waals surface area contributed by atoms with Crippen LogP contribution in [0.4, 0.5) is 0 Å². The molecular weight excluding hydrogens is 232 g/mol. The van der Waals surface area contributed by atoms with Gasteiger partial charge in [0.15, 0.2) is 0 Å². The number of amides is 1. The van der Waals surface area contributed by atoms with Crippen LogP contribution in [0, 0.1) is 17.8 Å². The number of rotatable bonds is 7. The molecule has 0 aromatic carbocycles. The van der Waals surface area contributed by atoms with Crippen molar-refractivity contribution >= 4 is 11.9 Å². The molecule has 2 atom stereocenters. The lowest BCUT2D eigenvalue weighted by Crippen LogP contribution is -2.41. The molecule has 0 aliphatic heterocycles. The van der Waals surface area contributed by atoms with Gasteiger partial charge in [-0.15, -0.1) is 0 Å². The first kappa shape index (κ1) is 13.3. The van der Waals surface area contributed by atoms with Crippen molar-refractivity contribution in [1.29, 1.82) is 0 Å². The van der Waals surface area contributed by atoms with Crippen LogP contribution in [0.5, 0.6) is 0 Å². The third-order valence-corrected chi connectivity index (χ3v) is 3.84. The second-order valence-electron chi connectivity index (χ2n) is 5.80. The summed E-state index contributed by atoms with van der Waals surface area (Å²) in [6, 6.07) is 0. The van der Waals surface area contributed by atoms with Crippen LogP contribution in [0.3, 0.4) is 0 Å². The Bertz CT molecular complexity index is 339. The van der Waals surface area contributed by atoms with Crippen molar-refractivity contribution in [3.63, 3.8) is 0 Å². The Labute approximate surface area is 108 Å². The predicted octanol–water partition coefficient (Wildman–Crippen LogP) is 0.507. The van der Waals surface area contributed by atoms with Crippen LogP contribution >= 0.6 is 0 Å². The molecule has 0 aromatic rings. The number of likely N-dealkylation sites (N-methyl/N-ethyl adjacent to an activating group) is 1. The van der Waals surface area contributed by atoms with E-state index in [4.69, 9.17) is 5.11 Å². The molecule has 2 aliphatic rings. The van der Waals surface area contributed by atoms with Gasteiger partial charge in [0, 0.05) is 19.0 Å². The summed E-state index contributed by atoms with van der Waals surface area (Å²) >= 11 is 0.